The highest BCUT2D eigenvalue weighted by Crippen LogP contribution is 2.38. The molecule has 1 atom stereocenters. The van der Waals surface area contributed by atoms with E-state index in [4.69, 9.17) is 26.8 Å². The van der Waals surface area contributed by atoms with Crippen LogP contribution in [0.1, 0.15) is 16.5 Å². The number of ether oxygens (including phenoxy) is 2. The number of benzene rings is 1. The van der Waals surface area contributed by atoms with Crippen molar-refractivity contribution in [2.75, 3.05) is 14.2 Å². The predicted octanol–water partition coefficient (Wildman–Crippen LogP) is 3.47. The van der Waals surface area contributed by atoms with E-state index in [0.717, 1.165) is 10.4 Å². The standard InChI is InChI=1S/C13H14ClNO2S/c1-16-8-4-3-5-9(17-2)12(8)13(15)10-6-7-11(14)18-10/h3-7,13H,15H2,1-2H3. The largest absolute Gasteiger partial charge is 0.496 e. The number of thiophene rings is 1. The minimum Gasteiger partial charge on any atom is -0.496 e. The normalized spacial score (nSPS) is 12.2. The van der Waals surface area contributed by atoms with Crippen molar-refractivity contribution in [3.63, 3.8) is 0 Å². The number of rotatable bonds is 4. The molecule has 3 nitrogen and oxygen atoms in total. The molecule has 0 aliphatic carbocycles. The lowest BCUT2D eigenvalue weighted by atomic mass is 10.0. The summed E-state index contributed by atoms with van der Waals surface area (Å²) >= 11 is 7.40. The lowest BCUT2D eigenvalue weighted by Crippen LogP contribution is -2.13. The third-order valence-corrected chi connectivity index (χ3v) is 3.99. The van der Waals surface area contributed by atoms with Gasteiger partial charge in [-0.15, -0.1) is 11.3 Å². The highest BCUT2D eigenvalue weighted by Gasteiger charge is 2.20. The van der Waals surface area contributed by atoms with Crippen molar-refractivity contribution in [1.82, 2.24) is 0 Å². The van der Waals surface area contributed by atoms with Gasteiger partial charge in [-0.3, -0.25) is 0 Å². The van der Waals surface area contributed by atoms with Crippen molar-refractivity contribution in [1.29, 1.82) is 0 Å². The summed E-state index contributed by atoms with van der Waals surface area (Å²) in [5.74, 6) is 1.43. The van der Waals surface area contributed by atoms with Gasteiger partial charge in [0.25, 0.3) is 0 Å². The Morgan fingerprint density at radius 3 is 2.17 bits per heavy atom. The fraction of sp³-hybridized carbons (Fsp3) is 0.231. The molecule has 0 amide bonds. The Kier molecular flexibility index (Phi) is 4.11. The summed E-state index contributed by atoms with van der Waals surface area (Å²) in [5.41, 5.74) is 7.11. The second kappa shape index (κ2) is 5.61. The van der Waals surface area contributed by atoms with Crippen molar-refractivity contribution in [3.8, 4) is 11.5 Å². The zero-order valence-electron chi connectivity index (χ0n) is 10.1. The summed E-state index contributed by atoms with van der Waals surface area (Å²) in [6.45, 7) is 0. The minimum absolute atomic E-state index is 0.311. The number of nitrogens with two attached hydrogens (primary N) is 1. The molecule has 0 aliphatic rings. The van der Waals surface area contributed by atoms with Crippen LogP contribution in [0.2, 0.25) is 4.34 Å². The summed E-state index contributed by atoms with van der Waals surface area (Å²) in [4.78, 5) is 0.975. The summed E-state index contributed by atoms with van der Waals surface area (Å²) in [6, 6.07) is 9.05. The van der Waals surface area contributed by atoms with Gasteiger partial charge in [0.15, 0.2) is 0 Å². The van der Waals surface area contributed by atoms with E-state index in [1.807, 2.05) is 30.3 Å². The maximum atomic E-state index is 6.27. The first kappa shape index (κ1) is 13.2. The molecule has 0 radical (unpaired) electrons. The third kappa shape index (κ3) is 2.46. The molecule has 1 aromatic carbocycles. The first-order chi connectivity index (χ1) is 8.67. The Morgan fingerprint density at radius 1 is 1.11 bits per heavy atom. The molecular weight excluding hydrogens is 270 g/mol. The Morgan fingerprint density at radius 2 is 1.72 bits per heavy atom. The van der Waals surface area contributed by atoms with Crippen LogP contribution in [0.3, 0.4) is 0 Å². The van der Waals surface area contributed by atoms with Crippen LogP contribution in [0.4, 0.5) is 0 Å². The van der Waals surface area contributed by atoms with Gasteiger partial charge in [0.2, 0.25) is 0 Å². The van der Waals surface area contributed by atoms with E-state index in [2.05, 4.69) is 0 Å². The Bertz CT molecular complexity index is 519. The van der Waals surface area contributed by atoms with E-state index in [-0.39, 0.29) is 6.04 Å². The van der Waals surface area contributed by atoms with Gasteiger partial charge in [0.1, 0.15) is 11.5 Å². The zero-order chi connectivity index (χ0) is 13.1. The molecule has 1 aromatic heterocycles. The molecule has 0 saturated heterocycles. The maximum Gasteiger partial charge on any atom is 0.127 e. The molecule has 5 heteroatoms. The van der Waals surface area contributed by atoms with Crippen molar-refractivity contribution in [2.45, 2.75) is 6.04 Å². The summed E-state index contributed by atoms with van der Waals surface area (Å²) < 4.78 is 11.4. The van der Waals surface area contributed by atoms with Gasteiger partial charge in [-0.2, -0.15) is 0 Å². The van der Waals surface area contributed by atoms with Crippen LogP contribution in [0.15, 0.2) is 30.3 Å². The first-order valence-corrected chi connectivity index (χ1v) is 6.58. The molecule has 0 saturated carbocycles. The molecule has 0 aliphatic heterocycles. The summed E-state index contributed by atoms with van der Waals surface area (Å²) in [5, 5.41) is 0. The highest BCUT2D eigenvalue weighted by atomic mass is 35.5. The average molecular weight is 284 g/mol. The topological polar surface area (TPSA) is 44.5 Å². The van der Waals surface area contributed by atoms with Crippen molar-refractivity contribution < 1.29 is 9.47 Å². The third-order valence-electron chi connectivity index (χ3n) is 2.68. The van der Waals surface area contributed by atoms with Gasteiger partial charge in [-0.05, 0) is 24.3 Å². The average Bonchev–Trinajstić information content (AvgIpc) is 2.83. The van der Waals surface area contributed by atoms with E-state index in [0.29, 0.717) is 15.8 Å². The smallest absolute Gasteiger partial charge is 0.127 e. The molecule has 1 heterocycles. The predicted molar refractivity (Wildman–Crippen MR) is 74.9 cm³/mol. The van der Waals surface area contributed by atoms with E-state index in [1.54, 1.807) is 14.2 Å². The quantitative estimate of drug-likeness (QED) is 0.934. The van der Waals surface area contributed by atoms with Crippen molar-refractivity contribution >= 4 is 22.9 Å². The molecule has 2 N–H and O–H groups in total. The summed E-state index contributed by atoms with van der Waals surface area (Å²) in [6.07, 6.45) is 0. The van der Waals surface area contributed by atoms with Crippen LogP contribution < -0.4 is 15.2 Å². The molecule has 18 heavy (non-hydrogen) atoms. The fourth-order valence-corrected chi connectivity index (χ4v) is 2.90. The molecular formula is C13H14ClNO2S. The van der Waals surface area contributed by atoms with Crippen LogP contribution in [0.25, 0.3) is 0 Å². The zero-order valence-corrected chi connectivity index (χ0v) is 11.7. The Balaban J connectivity index is 2.48. The molecule has 0 fully saturated rings. The molecule has 0 spiro atoms. The van der Waals surface area contributed by atoms with Crippen LogP contribution in [-0.4, -0.2) is 14.2 Å². The monoisotopic (exact) mass is 283 g/mol. The Hall–Kier alpha value is -1.23. The number of hydrogen-bond acceptors (Lipinski definition) is 4. The number of hydrogen-bond donors (Lipinski definition) is 1. The fourth-order valence-electron chi connectivity index (χ4n) is 1.82. The molecule has 1 unspecified atom stereocenters. The molecule has 96 valence electrons. The number of methoxy groups -OCH3 is 2. The first-order valence-electron chi connectivity index (χ1n) is 5.39. The minimum atomic E-state index is -0.311. The molecule has 0 bridgehead atoms. The van der Waals surface area contributed by atoms with Crippen molar-refractivity contribution in [2.24, 2.45) is 5.73 Å². The SMILES string of the molecule is COc1cccc(OC)c1C(N)c1ccc(Cl)s1. The maximum absolute atomic E-state index is 6.27. The second-order valence-electron chi connectivity index (χ2n) is 3.70. The van der Waals surface area contributed by atoms with Crippen molar-refractivity contribution in [3.05, 3.63) is 45.1 Å². The Labute approximate surface area is 115 Å². The number of halogens is 1. The molecule has 2 aromatic rings. The van der Waals surface area contributed by atoms with Gasteiger partial charge in [-0.25, -0.2) is 0 Å². The van der Waals surface area contributed by atoms with E-state index in [1.165, 1.54) is 11.3 Å². The lowest BCUT2D eigenvalue weighted by molar-refractivity contribution is 0.382. The van der Waals surface area contributed by atoms with Crippen LogP contribution >= 0.6 is 22.9 Å². The van der Waals surface area contributed by atoms with E-state index >= 15 is 0 Å². The van der Waals surface area contributed by atoms with E-state index < -0.39 is 0 Å². The molecule has 2 rings (SSSR count). The van der Waals surface area contributed by atoms with Gasteiger partial charge in [0.05, 0.1) is 30.2 Å². The van der Waals surface area contributed by atoms with Crippen LogP contribution in [-0.2, 0) is 0 Å². The lowest BCUT2D eigenvalue weighted by Gasteiger charge is -2.17. The van der Waals surface area contributed by atoms with Gasteiger partial charge in [0, 0.05) is 4.88 Å². The van der Waals surface area contributed by atoms with E-state index in [9.17, 15) is 0 Å². The van der Waals surface area contributed by atoms with Crippen LogP contribution in [0, 0.1) is 0 Å². The second-order valence-corrected chi connectivity index (χ2v) is 5.44. The van der Waals surface area contributed by atoms with Gasteiger partial charge >= 0.3 is 0 Å². The van der Waals surface area contributed by atoms with Crippen LogP contribution in [0.5, 0.6) is 11.5 Å². The van der Waals surface area contributed by atoms with Gasteiger partial charge < -0.3 is 15.2 Å². The summed E-state index contributed by atoms with van der Waals surface area (Å²) in [7, 11) is 3.23. The highest BCUT2D eigenvalue weighted by molar-refractivity contribution is 7.16. The van der Waals surface area contributed by atoms with Gasteiger partial charge in [-0.1, -0.05) is 17.7 Å².